The number of Topliss-reactive ketones (excluding diaryl/α,β-unsaturated/α-hetero) is 1. The van der Waals surface area contributed by atoms with Crippen molar-refractivity contribution in [2.24, 2.45) is 0 Å². The zero-order chi connectivity index (χ0) is 12.5. The topological polar surface area (TPSA) is 17.1 Å². The Hall–Kier alpha value is 0.330. The Morgan fingerprint density at radius 1 is 1.25 bits per heavy atom. The Labute approximate surface area is 121 Å². The van der Waals surface area contributed by atoms with Crippen molar-refractivity contribution < 1.29 is 4.79 Å². The molecule has 0 spiro atoms. The normalized spacial score (nSPS) is 14.6. The summed E-state index contributed by atoms with van der Waals surface area (Å²) in [5.41, 5.74) is 2.31. The van der Waals surface area contributed by atoms with Crippen molar-refractivity contribution >= 4 is 53.6 Å². The largest absolute Gasteiger partial charge is 0.299 e. The van der Waals surface area contributed by atoms with E-state index in [4.69, 9.17) is 0 Å². The van der Waals surface area contributed by atoms with Crippen LogP contribution in [0.3, 0.4) is 0 Å². The standard InChI is InChI=1S/C12H13Br3O/c1-6-4-9(13)11(10(14)5-6)7(2)12(15)8(3)16/h4-5,7,12H,1-3H3. The number of aryl methyl sites for hydroxylation is 1. The van der Waals surface area contributed by atoms with Gasteiger partial charge in [-0.2, -0.15) is 0 Å². The lowest BCUT2D eigenvalue weighted by atomic mass is 9.95. The first-order chi connectivity index (χ1) is 7.34. The first kappa shape index (κ1) is 14.4. The highest BCUT2D eigenvalue weighted by Gasteiger charge is 2.24. The van der Waals surface area contributed by atoms with E-state index in [-0.39, 0.29) is 16.5 Å². The van der Waals surface area contributed by atoms with Crippen LogP contribution >= 0.6 is 47.8 Å². The Bertz CT molecular complexity index is 392. The van der Waals surface area contributed by atoms with Crippen LogP contribution in [0.25, 0.3) is 0 Å². The smallest absolute Gasteiger partial charge is 0.144 e. The summed E-state index contributed by atoms with van der Waals surface area (Å²) >= 11 is 10.5. The fraction of sp³-hybridized carbons (Fsp3) is 0.417. The molecule has 0 fully saturated rings. The Morgan fingerprint density at radius 2 is 1.69 bits per heavy atom. The molecule has 0 aromatic heterocycles. The van der Waals surface area contributed by atoms with Gasteiger partial charge in [-0.25, -0.2) is 0 Å². The van der Waals surface area contributed by atoms with E-state index in [0.29, 0.717) is 0 Å². The van der Waals surface area contributed by atoms with Crippen molar-refractivity contribution in [2.75, 3.05) is 0 Å². The molecule has 0 bridgehead atoms. The Morgan fingerprint density at radius 3 is 2.06 bits per heavy atom. The lowest BCUT2D eigenvalue weighted by molar-refractivity contribution is -0.116. The number of hydrogen-bond acceptors (Lipinski definition) is 1. The lowest BCUT2D eigenvalue weighted by Gasteiger charge is -2.19. The highest BCUT2D eigenvalue weighted by molar-refractivity contribution is 9.11. The van der Waals surface area contributed by atoms with Gasteiger partial charge in [-0.05, 0) is 37.1 Å². The van der Waals surface area contributed by atoms with Crippen molar-refractivity contribution in [3.8, 4) is 0 Å². The molecule has 1 rings (SSSR count). The molecule has 0 saturated heterocycles. The van der Waals surface area contributed by atoms with Gasteiger partial charge in [-0.1, -0.05) is 54.7 Å². The van der Waals surface area contributed by atoms with Gasteiger partial charge in [0, 0.05) is 14.9 Å². The van der Waals surface area contributed by atoms with Crippen molar-refractivity contribution in [3.63, 3.8) is 0 Å². The molecular weight excluding hydrogens is 400 g/mol. The van der Waals surface area contributed by atoms with Gasteiger partial charge in [0.1, 0.15) is 5.78 Å². The molecule has 0 N–H and O–H groups in total. The predicted molar refractivity (Wildman–Crippen MR) is 78.4 cm³/mol. The van der Waals surface area contributed by atoms with Crippen LogP contribution in [-0.2, 0) is 4.79 Å². The van der Waals surface area contributed by atoms with Gasteiger partial charge in [0.05, 0.1) is 4.83 Å². The highest BCUT2D eigenvalue weighted by atomic mass is 79.9. The zero-order valence-corrected chi connectivity index (χ0v) is 14.1. The third-order valence-corrected chi connectivity index (χ3v) is 5.26. The second kappa shape index (κ2) is 5.78. The Balaban J connectivity index is 3.18. The number of benzene rings is 1. The van der Waals surface area contributed by atoms with Gasteiger partial charge in [-0.3, -0.25) is 4.79 Å². The van der Waals surface area contributed by atoms with Gasteiger partial charge in [-0.15, -0.1) is 0 Å². The summed E-state index contributed by atoms with van der Waals surface area (Å²) in [6.45, 7) is 5.69. The van der Waals surface area contributed by atoms with Gasteiger partial charge >= 0.3 is 0 Å². The minimum Gasteiger partial charge on any atom is -0.299 e. The van der Waals surface area contributed by atoms with E-state index in [0.717, 1.165) is 14.5 Å². The maximum absolute atomic E-state index is 11.4. The van der Waals surface area contributed by atoms with Crippen molar-refractivity contribution in [2.45, 2.75) is 31.5 Å². The third-order valence-electron chi connectivity index (χ3n) is 2.51. The molecule has 0 amide bonds. The van der Waals surface area contributed by atoms with Crippen LogP contribution in [0.5, 0.6) is 0 Å². The Kier molecular flexibility index (Phi) is 5.20. The van der Waals surface area contributed by atoms with E-state index < -0.39 is 0 Å². The lowest BCUT2D eigenvalue weighted by Crippen LogP contribution is -2.18. The maximum Gasteiger partial charge on any atom is 0.144 e. The summed E-state index contributed by atoms with van der Waals surface area (Å²) in [5, 5.41) is 0. The minimum atomic E-state index is -0.150. The third kappa shape index (κ3) is 3.17. The summed E-state index contributed by atoms with van der Waals surface area (Å²) in [6, 6.07) is 4.13. The van der Waals surface area contributed by atoms with Gasteiger partial charge in [0.25, 0.3) is 0 Å². The van der Waals surface area contributed by atoms with E-state index in [1.54, 1.807) is 6.92 Å². The van der Waals surface area contributed by atoms with Crippen LogP contribution in [0.4, 0.5) is 0 Å². The van der Waals surface area contributed by atoms with Crippen LogP contribution in [-0.4, -0.2) is 10.6 Å². The van der Waals surface area contributed by atoms with E-state index >= 15 is 0 Å². The van der Waals surface area contributed by atoms with E-state index in [1.165, 1.54) is 5.56 Å². The van der Waals surface area contributed by atoms with Gasteiger partial charge in [0.2, 0.25) is 0 Å². The molecule has 2 atom stereocenters. The molecule has 4 heteroatoms. The molecule has 1 aromatic rings. The van der Waals surface area contributed by atoms with Crippen LogP contribution in [0.2, 0.25) is 0 Å². The number of rotatable bonds is 3. The molecular formula is C12H13Br3O. The fourth-order valence-electron chi connectivity index (χ4n) is 1.64. The summed E-state index contributed by atoms with van der Waals surface area (Å²) in [5.74, 6) is 0.272. The van der Waals surface area contributed by atoms with Crippen LogP contribution in [0.15, 0.2) is 21.1 Å². The molecule has 1 aromatic carbocycles. The summed E-state index contributed by atoms with van der Waals surface area (Å²) in [6.07, 6.45) is 0. The van der Waals surface area contributed by atoms with Gasteiger partial charge in [0.15, 0.2) is 0 Å². The molecule has 0 heterocycles. The maximum atomic E-state index is 11.4. The highest BCUT2D eigenvalue weighted by Crippen LogP contribution is 2.37. The number of carbonyl (C=O) groups excluding carboxylic acids is 1. The summed E-state index contributed by atoms with van der Waals surface area (Å²) < 4.78 is 2.08. The molecule has 0 aliphatic heterocycles. The van der Waals surface area contributed by atoms with Crippen LogP contribution in [0.1, 0.15) is 30.9 Å². The molecule has 1 nitrogen and oxygen atoms in total. The number of hydrogen-bond donors (Lipinski definition) is 0. The van der Waals surface area contributed by atoms with Crippen LogP contribution < -0.4 is 0 Å². The van der Waals surface area contributed by atoms with E-state index in [2.05, 4.69) is 59.9 Å². The first-order valence-corrected chi connectivity index (χ1v) is 7.44. The molecule has 16 heavy (non-hydrogen) atoms. The van der Waals surface area contributed by atoms with Crippen molar-refractivity contribution in [1.82, 2.24) is 0 Å². The minimum absolute atomic E-state index is 0.127. The molecule has 88 valence electrons. The fourth-order valence-corrected chi connectivity index (χ4v) is 4.05. The van der Waals surface area contributed by atoms with E-state index in [9.17, 15) is 4.79 Å². The number of halogens is 3. The average Bonchev–Trinajstić information content (AvgIpc) is 2.14. The monoisotopic (exact) mass is 410 g/mol. The molecule has 2 unspecified atom stereocenters. The number of carbonyl (C=O) groups is 1. The van der Waals surface area contributed by atoms with Gasteiger partial charge < -0.3 is 0 Å². The summed E-state index contributed by atoms with van der Waals surface area (Å²) in [4.78, 5) is 11.2. The molecule has 0 radical (unpaired) electrons. The SMILES string of the molecule is CC(=O)C(Br)C(C)c1c(Br)cc(C)cc1Br. The quantitative estimate of drug-likeness (QED) is 0.640. The average molecular weight is 413 g/mol. The second-order valence-corrected chi connectivity index (χ2v) is 6.64. The zero-order valence-electron chi connectivity index (χ0n) is 9.35. The second-order valence-electron chi connectivity index (χ2n) is 3.94. The van der Waals surface area contributed by atoms with Crippen molar-refractivity contribution in [3.05, 3.63) is 32.2 Å². The molecule has 0 aliphatic carbocycles. The number of alkyl halides is 1. The van der Waals surface area contributed by atoms with E-state index in [1.807, 2.05) is 13.8 Å². The van der Waals surface area contributed by atoms with Crippen LogP contribution in [0, 0.1) is 6.92 Å². The molecule has 0 saturated carbocycles. The van der Waals surface area contributed by atoms with Crippen molar-refractivity contribution in [1.29, 1.82) is 0 Å². The first-order valence-electron chi connectivity index (χ1n) is 4.94. The molecule has 0 aliphatic rings. The number of ketones is 1. The predicted octanol–water partition coefficient (Wildman–Crippen LogP) is 4.98. The summed E-state index contributed by atoms with van der Waals surface area (Å²) in [7, 11) is 0.